The Morgan fingerprint density at radius 3 is 2.33 bits per heavy atom. The van der Waals surface area contributed by atoms with Crippen molar-refractivity contribution in [1.29, 1.82) is 0 Å². The van der Waals surface area contributed by atoms with Gasteiger partial charge >= 0.3 is 0 Å². The second-order valence-electron chi connectivity index (χ2n) is 4.02. The van der Waals surface area contributed by atoms with Crippen LogP contribution < -0.4 is 10.6 Å². The standard InChI is InChI=1S/C13H18N2O3/c1-3-11(8-16)15-13(18)10-4-6-12(7-5-10)14-9(2)17/h4-7,11,16H,3,8H2,1-2H3,(H,14,17)(H,15,18)/t11-/m0/s1. The van der Waals surface area contributed by atoms with Crippen molar-refractivity contribution in [1.82, 2.24) is 5.32 Å². The number of carbonyl (C=O) groups excluding carboxylic acids is 2. The van der Waals surface area contributed by atoms with Gasteiger partial charge in [-0.25, -0.2) is 0 Å². The molecule has 0 aliphatic rings. The van der Waals surface area contributed by atoms with Crippen molar-refractivity contribution in [3.63, 3.8) is 0 Å². The minimum atomic E-state index is -0.231. The Hall–Kier alpha value is -1.88. The zero-order valence-electron chi connectivity index (χ0n) is 10.6. The second-order valence-corrected chi connectivity index (χ2v) is 4.02. The van der Waals surface area contributed by atoms with E-state index in [4.69, 9.17) is 5.11 Å². The number of nitrogens with one attached hydrogen (secondary N) is 2. The van der Waals surface area contributed by atoms with E-state index >= 15 is 0 Å². The summed E-state index contributed by atoms with van der Waals surface area (Å²) in [6.07, 6.45) is 0.673. The lowest BCUT2D eigenvalue weighted by molar-refractivity contribution is -0.114. The van der Waals surface area contributed by atoms with Gasteiger partial charge in [-0.2, -0.15) is 0 Å². The maximum Gasteiger partial charge on any atom is 0.251 e. The molecule has 0 heterocycles. The van der Waals surface area contributed by atoms with E-state index < -0.39 is 0 Å². The fourth-order valence-electron chi connectivity index (χ4n) is 1.45. The van der Waals surface area contributed by atoms with Crippen LogP contribution in [0.5, 0.6) is 0 Å². The van der Waals surface area contributed by atoms with Crippen LogP contribution in [0.4, 0.5) is 5.69 Å². The van der Waals surface area contributed by atoms with Crippen molar-refractivity contribution in [3.8, 4) is 0 Å². The number of amides is 2. The third-order valence-corrected chi connectivity index (χ3v) is 2.52. The summed E-state index contributed by atoms with van der Waals surface area (Å²) in [5.41, 5.74) is 1.14. The molecule has 0 unspecified atom stereocenters. The van der Waals surface area contributed by atoms with Crippen molar-refractivity contribution in [2.75, 3.05) is 11.9 Å². The Morgan fingerprint density at radius 2 is 1.89 bits per heavy atom. The normalized spacial score (nSPS) is 11.7. The number of carbonyl (C=O) groups is 2. The fraction of sp³-hybridized carbons (Fsp3) is 0.385. The number of aliphatic hydroxyl groups is 1. The van der Waals surface area contributed by atoms with Crippen LogP contribution in [0.15, 0.2) is 24.3 Å². The Bertz CT molecular complexity index is 411. The molecule has 1 atom stereocenters. The maximum absolute atomic E-state index is 11.8. The van der Waals surface area contributed by atoms with Crippen molar-refractivity contribution in [3.05, 3.63) is 29.8 Å². The lowest BCUT2D eigenvalue weighted by Gasteiger charge is -2.14. The molecule has 2 amide bonds. The average Bonchev–Trinajstić information content (AvgIpc) is 2.35. The molecule has 18 heavy (non-hydrogen) atoms. The van der Waals surface area contributed by atoms with Crippen LogP contribution in [0.1, 0.15) is 30.6 Å². The lowest BCUT2D eigenvalue weighted by Crippen LogP contribution is -2.36. The van der Waals surface area contributed by atoms with Gasteiger partial charge in [-0.15, -0.1) is 0 Å². The summed E-state index contributed by atoms with van der Waals surface area (Å²) in [4.78, 5) is 22.6. The number of hydrogen-bond donors (Lipinski definition) is 3. The van der Waals surface area contributed by atoms with Crippen molar-refractivity contribution in [2.45, 2.75) is 26.3 Å². The molecule has 5 nitrogen and oxygen atoms in total. The first kappa shape index (κ1) is 14.2. The first-order valence-electron chi connectivity index (χ1n) is 5.86. The van der Waals surface area contributed by atoms with E-state index in [1.807, 2.05) is 6.92 Å². The molecule has 0 spiro atoms. The Kier molecular flexibility index (Phi) is 5.32. The summed E-state index contributed by atoms with van der Waals surface area (Å²) in [5.74, 6) is -0.385. The van der Waals surface area contributed by atoms with E-state index in [1.165, 1.54) is 6.92 Å². The quantitative estimate of drug-likeness (QED) is 0.733. The molecule has 3 N–H and O–H groups in total. The Morgan fingerprint density at radius 1 is 1.28 bits per heavy atom. The fourth-order valence-corrected chi connectivity index (χ4v) is 1.45. The molecule has 0 fully saturated rings. The minimum Gasteiger partial charge on any atom is -0.394 e. The van der Waals surface area contributed by atoms with Gasteiger partial charge in [-0.3, -0.25) is 9.59 Å². The van der Waals surface area contributed by atoms with Crippen LogP contribution in [0, 0.1) is 0 Å². The van der Waals surface area contributed by atoms with Gasteiger partial charge in [0.2, 0.25) is 5.91 Å². The first-order valence-corrected chi connectivity index (χ1v) is 5.86. The predicted octanol–water partition coefficient (Wildman–Crippen LogP) is 1.15. The van der Waals surface area contributed by atoms with E-state index in [1.54, 1.807) is 24.3 Å². The number of hydrogen-bond acceptors (Lipinski definition) is 3. The predicted molar refractivity (Wildman–Crippen MR) is 69.4 cm³/mol. The van der Waals surface area contributed by atoms with E-state index in [0.717, 1.165) is 0 Å². The number of rotatable bonds is 5. The molecule has 0 aliphatic carbocycles. The Balaban J connectivity index is 2.67. The molecule has 0 aromatic heterocycles. The van der Waals surface area contributed by atoms with E-state index in [0.29, 0.717) is 17.7 Å². The summed E-state index contributed by atoms with van der Waals surface area (Å²) >= 11 is 0. The molecule has 5 heteroatoms. The highest BCUT2D eigenvalue weighted by Crippen LogP contribution is 2.09. The molecule has 1 rings (SSSR count). The molecular weight excluding hydrogens is 232 g/mol. The molecule has 0 saturated carbocycles. The molecule has 0 aliphatic heterocycles. The van der Waals surface area contributed by atoms with Crippen molar-refractivity contribution >= 4 is 17.5 Å². The summed E-state index contributed by atoms with van der Waals surface area (Å²) < 4.78 is 0. The highest BCUT2D eigenvalue weighted by molar-refractivity contribution is 5.95. The van der Waals surface area contributed by atoms with Gasteiger partial charge in [0.1, 0.15) is 0 Å². The van der Waals surface area contributed by atoms with Gasteiger partial charge in [-0.1, -0.05) is 6.92 Å². The zero-order chi connectivity index (χ0) is 13.5. The van der Waals surface area contributed by atoms with Gasteiger partial charge < -0.3 is 15.7 Å². The number of aliphatic hydroxyl groups excluding tert-OH is 1. The van der Waals surface area contributed by atoms with E-state index in [-0.39, 0.29) is 24.5 Å². The third-order valence-electron chi connectivity index (χ3n) is 2.52. The van der Waals surface area contributed by atoms with Crippen LogP contribution in [0.3, 0.4) is 0 Å². The minimum absolute atomic E-state index is 0.0772. The average molecular weight is 250 g/mol. The van der Waals surface area contributed by atoms with E-state index in [9.17, 15) is 9.59 Å². The van der Waals surface area contributed by atoms with Crippen LogP contribution >= 0.6 is 0 Å². The summed E-state index contributed by atoms with van der Waals surface area (Å²) in [6, 6.07) is 6.36. The summed E-state index contributed by atoms with van der Waals surface area (Å²) in [6.45, 7) is 3.24. The van der Waals surface area contributed by atoms with Gasteiger partial charge in [0.25, 0.3) is 5.91 Å². The first-order chi connectivity index (χ1) is 8.56. The lowest BCUT2D eigenvalue weighted by atomic mass is 10.1. The topological polar surface area (TPSA) is 78.4 Å². The molecule has 0 bridgehead atoms. The van der Waals surface area contributed by atoms with Crippen LogP contribution in [0.25, 0.3) is 0 Å². The van der Waals surface area contributed by atoms with Crippen LogP contribution in [-0.2, 0) is 4.79 Å². The second kappa shape index (κ2) is 6.76. The van der Waals surface area contributed by atoms with Gasteiger partial charge in [0, 0.05) is 18.2 Å². The van der Waals surface area contributed by atoms with Gasteiger partial charge in [0.05, 0.1) is 12.6 Å². The molecular formula is C13H18N2O3. The number of benzene rings is 1. The number of anilines is 1. The van der Waals surface area contributed by atoms with Crippen molar-refractivity contribution in [2.24, 2.45) is 0 Å². The molecule has 0 radical (unpaired) electrons. The molecule has 1 aromatic rings. The summed E-state index contributed by atoms with van der Waals surface area (Å²) in [7, 11) is 0. The van der Waals surface area contributed by atoms with Crippen LogP contribution in [-0.4, -0.2) is 29.6 Å². The largest absolute Gasteiger partial charge is 0.394 e. The van der Waals surface area contributed by atoms with Crippen LogP contribution in [0.2, 0.25) is 0 Å². The molecule has 0 saturated heterocycles. The smallest absolute Gasteiger partial charge is 0.251 e. The zero-order valence-corrected chi connectivity index (χ0v) is 10.6. The highest BCUT2D eigenvalue weighted by atomic mass is 16.3. The van der Waals surface area contributed by atoms with E-state index in [2.05, 4.69) is 10.6 Å². The monoisotopic (exact) mass is 250 g/mol. The van der Waals surface area contributed by atoms with Gasteiger partial charge in [-0.05, 0) is 30.7 Å². The maximum atomic E-state index is 11.8. The van der Waals surface area contributed by atoms with Gasteiger partial charge in [0.15, 0.2) is 0 Å². The third kappa shape index (κ3) is 4.18. The SMILES string of the molecule is CC[C@@H](CO)NC(=O)c1ccc(NC(C)=O)cc1. The van der Waals surface area contributed by atoms with Crippen molar-refractivity contribution < 1.29 is 14.7 Å². The summed E-state index contributed by atoms with van der Waals surface area (Å²) in [5, 5.41) is 14.3. The molecule has 1 aromatic carbocycles. The molecule has 98 valence electrons. The Labute approximate surface area is 106 Å². The highest BCUT2D eigenvalue weighted by Gasteiger charge is 2.10.